The molecule has 0 atom stereocenters. The smallest absolute Gasteiger partial charge is 0.195 e. The van der Waals surface area contributed by atoms with Crippen LogP contribution < -0.4 is 20.1 Å². The SMILES string of the molecule is CN=C(NCCCN1CCc2ccccc2C1)Nc1ccc2c(c1)OCCCO2. The molecule has 2 aliphatic heterocycles. The second kappa shape index (κ2) is 9.65. The summed E-state index contributed by atoms with van der Waals surface area (Å²) in [5.41, 5.74) is 3.91. The minimum Gasteiger partial charge on any atom is -0.490 e. The lowest BCUT2D eigenvalue weighted by molar-refractivity contribution is 0.251. The monoisotopic (exact) mass is 394 g/mol. The molecule has 0 saturated carbocycles. The number of guanidine groups is 1. The fraction of sp³-hybridized carbons (Fsp3) is 0.435. The van der Waals surface area contributed by atoms with Crippen LogP contribution >= 0.6 is 0 Å². The Labute approximate surface area is 172 Å². The van der Waals surface area contributed by atoms with E-state index in [1.165, 1.54) is 11.1 Å². The van der Waals surface area contributed by atoms with Crippen LogP contribution in [0.2, 0.25) is 0 Å². The van der Waals surface area contributed by atoms with Crippen molar-refractivity contribution in [1.29, 1.82) is 0 Å². The van der Waals surface area contributed by atoms with Crippen molar-refractivity contribution in [2.45, 2.75) is 25.8 Å². The number of rotatable bonds is 5. The highest BCUT2D eigenvalue weighted by atomic mass is 16.5. The maximum absolute atomic E-state index is 5.76. The van der Waals surface area contributed by atoms with Crippen LogP contribution in [0.5, 0.6) is 11.5 Å². The summed E-state index contributed by atoms with van der Waals surface area (Å²) >= 11 is 0. The molecule has 0 saturated heterocycles. The molecule has 0 fully saturated rings. The number of fused-ring (bicyclic) bond motifs is 2. The Morgan fingerprint density at radius 1 is 1.07 bits per heavy atom. The number of ether oxygens (including phenoxy) is 2. The Bertz CT molecular complexity index is 853. The van der Waals surface area contributed by atoms with Crippen LogP contribution in [0.3, 0.4) is 0 Å². The Balaban J connectivity index is 1.23. The Hall–Kier alpha value is -2.73. The normalized spacial score (nSPS) is 16.7. The zero-order valence-electron chi connectivity index (χ0n) is 17.1. The summed E-state index contributed by atoms with van der Waals surface area (Å²) in [7, 11) is 1.79. The van der Waals surface area contributed by atoms with E-state index in [0.717, 1.165) is 68.6 Å². The van der Waals surface area contributed by atoms with Crippen molar-refractivity contribution in [2.75, 3.05) is 45.2 Å². The minimum atomic E-state index is 0.685. The summed E-state index contributed by atoms with van der Waals surface area (Å²) in [5, 5.41) is 6.75. The molecular weight excluding hydrogens is 364 g/mol. The van der Waals surface area contributed by atoms with Crippen LogP contribution in [0.15, 0.2) is 47.5 Å². The third-order valence-electron chi connectivity index (χ3n) is 5.39. The maximum Gasteiger partial charge on any atom is 0.195 e. The first-order valence-corrected chi connectivity index (χ1v) is 10.5. The lowest BCUT2D eigenvalue weighted by atomic mass is 10.00. The van der Waals surface area contributed by atoms with E-state index < -0.39 is 0 Å². The molecule has 2 aliphatic rings. The number of benzene rings is 2. The highest BCUT2D eigenvalue weighted by molar-refractivity contribution is 5.93. The predicted molar refractivity (Wildman–Crippen MR) is 117 cm³/mol. The van der Waals surface area contributed by atoms with Gasteiger partial charge in [0.15, 0.2) is 17.5 Å². The quantitative estimate of drug-likeness (QED) is 0.463. The van der Waals surface area contributed by atoms with E-state index in [1.807, 2.05) is 18.2 Å². The average Bonchev–Trinajstić information content (AvgIpc) is 3.00. The fourth-order valence-corrected chi connectivity index (χ4v) is 3.81. The molecule has 0 bridgehead atoms. The average molecular weight is 395 g/mol. The van der Waals surface area contributed by atoms with E-state index in [2.05, 4.69) is 44.8 Å². The first-order valence-electron chi connectivity index (χ1n) is 10.5. The summed E-state index contributed by atoms with van der Waals surface area (Å²) in [4.78, 5) is 6.87. The fourth-order valence-electron chi connectivity index (χ4n) is 3.81. The highest BCUT2D eigenvalue weighted by Crippen LogP contribution is 2.32. The van der Waals surface area contributed by atoms with Gasteiger partial charge in [0.2, 0.25) is 0 Å². The topological polar surface area (TPSA) is 58.1 Å². The van der Waals surface area contributed by atoms with Gasteiger partial charge in [0.1, 0.15) is 0 Å². The predicted octanol–water partition coefficient (Wildman–Crippen LogP) is 3.28. The first kappa shape index (κ1) is 19.6. The van der Waals surface area contributed by atoms with Gasteiger partial charge in [-0.05, 0) is 36.1 Å². The van der Waals surface area contributed by atoms with Crippen LogP contribution in [0.1, 0.15) is 24.0 Å². The van der Waals surface area contributed by atoms with E-state index >= 15 is 0 Å². The molecule has 0 amide bonds. The van der Waals surface area contributed by atoms with Crippen LogP contribution in [-0.4, -0.2) is 50.8 Å². The molecule has 0 aromatic heterocycles. The summed E-state index contributed by atoms with van der Waals surface area (Å²) < 4.78 is 11.5. The van der Waals surface area contributed by atoms with E-state index in [1.54, 1.807) is 7.05 Å². The zero-order valence-corrected chi connectivity index (χ0v) is 17.1. The van der Waals surface area contributed by atoms with Gasteiger partial charge in [-0.15, -0.1) is 0 Å². The minimum absolute atomic E-state index is 0.685. The van der Waals surface area contributed by atoms with Gasteiger partial charge in [-0.2, -0.15) is 0 Å². The number of nitrogens with zero attached hydrogens (tertiary/aromatic N) is 2. The largest absolute Gasteiger partial charge is 0.490 e. The zero-order chi connectivity index (χ0) is 19.9. The molecule has 29 heavy (non-hydrogen) atoms. The van der Waals surface area contributed by atoms with Crippen molar-refractivity contribution in [3.8, 4) is 11.5 Å². The number of hydrogen-bond acceptors (Lipinski definition) is 4. The van der Waals surface area contributed by atoms with Crippen LogP contribution in [0.25, 0.3) is 0 Å². The highest BCUT2D eigenvalue weighted by Gasteiger charge is 2.15. The van der Waals surface area contributed by atoms with Crippen LogP contribution in [0, 0.1) is 0 Å². The molecule has 2 aromatic rings. The van der Waals surface area contributed by atoms with Crippen molar-refractivity contribution in [1.82, 2.24) is 10.2 Å². The molecule has 154 valence electrons. The molecule has 2 heterocycles. The van der Waals surface area contributed by atoms with Crippen molar-refractivity contribution in [2.24, 2.45) is 4.99 Å². The number of anilines is 1. The molecule has 0 spiro atoms. The lowest BCUT2D eigenvalue weighted by Crippen LogP contribution is -2.35. The third-order valence-corrected chi connectivity index (χ3v) is 5.39. The van der Waals surface area contributed by atoms with Gasteiger partial charge in [-0.1, -0.05) is 24.3 Å². The van der Waals surface area contributed by atoms with Crippen molar-refractivity contribution in [3.63, 3.8) is 0 Å². The van der Waals surface area contributed by atoms with E-state index in [4.69, 9.17) is 9.47 Å². The molecule has 6 heteroatoms. The molecule has 2 aromatic carbocycles. The lowest BCUT2D eigenvalue weighted by Gasteiger charge is -2.28. The molecule has 6 nitrogen and oxygen atoms in total. The first-order chi connectivity index (χ1) is 14.3. The van der Waals surface area contributed by atoms with Crippen molar-refractivity contribution < 1.29 is 9.47 Å². The Kier molecular flexibility index (Phi) is 6.52. The second-order valence-electron chi connectivity index (χ2n) is 7.48. The summed E-state index contributed by atoms with van der Waals surface area (Å²) in [6.07, 6.45) is 3.13. The summed E-state index contributed by atoms with van der Waals surface area (Å²) in [5.74, 6) is 2.36. The van der Waals surface area contributed by atoms with Crippen LogP contribution in [0.4, 0.5) is 5.69 Å². The Morgan fingerprint density at radius 2 is 1.90 bits per heavy atom. The number of hydrogen-bond donors (Lipinski definition) is 2. The molecular formula is C23H30N4O2. The van der Waals surface area contributed by atoms with Crippen LogP contribution in [-0.2, 0) is 13.0 Å². The van der Waals surface area contributed by atoms with Gasteiger partial charge >= 0.3 is 0 Å². The molecule has 2 N–H and O–H groups in total. The van der Waals surface area contributed by atoms with Gasteiger partial charge in [0, 0.05) is 51.4 Å². The number of nitrogens with one attached hydrogen (secondary N) is 2. The van der Waals surface area contributed by atoms with Gasteiger partial charge in [-0.25, -0.2) is 0 Å². The van der Waals surface area contributed by atoms with E-state index in [9.17, 15) is 0 Å². The van der Waals surface area contributed by atoms with Gasteiger partial charge in [0.25, 0.3) is 0 Å². The van der Waals surface area contributed by atoms with Gasteiger partial charge in [0.05, 0.1) is 13.2 Å². The van der Waals surface area contributed by atoms with Gasteiger partial charge in [-0.3, -0.25) is 9.89 Å². The van der Waals surface area contributed by atoms with Crippen molar-refractivity contribution >= 4 is 11.6 Å². The standard InChI is InChI=1S/C23H30N4O2/c1-24-23(26-20-8-9-21-22(16-20)29-15-5-14-28-21)25-11-4-12-27-13-10-18-6-2-3-7-19(18)17-27/h2-3,6-9,16H,4-5,10-15,17H2,1H3,(H2,24,25,26). The molecule has 4 rings (SSSR count). The molecule has 0 unspecified atom stereocenters. The Morgan fingerprint density at radius 3 is 2.76 bits per heavy atom. The summed E-state index contributed by atoms with van der Waals surface area (Å²) in [6, 6.07) is 14.7. The van der Waals surface area contributed by atoms with E-state index in [-0.39, 0.29) is 0 Å². The second-order valence-corrected chi connectivity index (χ2v) is 7.48. The summed E-state index contributed by atoms with van der Waals surface area (Å²) in [6.45, 7) is 5.54. The van der Waals surface area contributed by atoms with Gasteiger partial charge < -0.3 is 20.1 Å². The third kappa shape index (κ3) is 5.21. The number of aliphatic imine (C=N–C) groups is 1. The van der Waals surface area contributed by atoms with Crippen molar-refractivity contribution in [3.05, 3.63) is 53.6 Å². The molecule has 0 radical (unpaired) electrons. The maximum atomic E-state index is 5.76. The van der Waals surface area contributed by atoms with E-state index in [0.29, 0.717) is 13.2 Å². The molecule has 0 aliphatic carbocycles.